The van der Waals surface area contributed by atoms with Crippen molar-refractivity contribution in [3.63, 3.8) is 0 Å². The summed E-state index contributed by atoms with van der Waals surface area (Å²) in [5.74, 6) is -0.162. The molecule has 0 radical (unpaired) electrons. The molecule has 1 heterocycles. The molecular weight excluding hydrogens is 210 g/mol. The van der Waals surface area contributed by atoms with Gasteiger partial charge in [0.15, 0.2) is 0 Å². The highest BCUT2D eigenvalue weighted by molar-refractivity contribution is 5.92. The number of hydrogen-bond donors (Lipinski definition) is 3. The van der Waals surface area contributed by atoms with Crippen LogP contribution in [0.1, 0.15) is 26.5 Å². The number of nitrogen functional groups attached to an aromatic ring is 1. The molecule has 1 aromatic heterocycles. The number of amides is 1. The Bertz CT molecular complexity index is 404. The lowest BCUT2D eigenvalue weighted by atomic mass is 10.2. The highest BCUT2D eigenvalue weighted by atomic mass is 16.6. The van der Waals surface area contributed by atoms with Gasteiger partial charge in [0.1, 0.15) is 17.1 Å². The van der Waals surface area contributed by atoms with Crippen molar-refractivity contribution >= 4 is 11.9 Å². The first-order chi connectivity index (χ1) is 7.28. The van der Waals surface area contributed by atoms with Crippen molar-refractivity contribution in [2.45, 2.75) is 26.4 Å². The van der Waals surface area contributed by atoms with Crippen molar-refractivity contribution in [1.82, 2.24) is 9.89 Å². The number of hydrogen-bond acceptors (Lipinski definition) is 4. The second-order valence-electron chi connectivity index (χ2n) is 4.17. The maximum Gasteiger partial charge on any atom is 0.428 e. The summed E-state index contributed by atoms with van der Waals surface area (Å²) in [6.07, 6.45) is 0.853. The number of nitrogens with zero attached hydrogens (tertiary/aromatic N) is 2. The Morgan fingerprint density at radius 2 is 2.25 bits per heavy atom. The van der Waals surface area contributed by atoms with Crippen LogP contribution in [0.3, 0.4) is 0 Å². The van der Waals surface area contributed by atoms with Crippen LogP contribution in [-0.2, 0) is 4.74 Å². The Labute approximate surface area is 93.0 Å². The van der Waals surface area contributed by atoms with Gasteiger partial charge in [-0.2, -0.15) is 4.79 Å². The van der Waals surface area contributed by atoms with E-state index in [4.69, 9.17) is 15.9 Å². The van der Waals surface area contributed by atoms with Crippen LogP contribution in [0.15, 0.2) is 12.3 Å². The summed E-state index contributed by atoms with van der Waals surface area (Å²) in [6.45, 7) is 5.28. The van der Waals surface area contributed by atoms with Gasteiger partial charge in [0.2, 0.25) is 0 Å². The Morgan fingerprint density at radius 1 is 1.62 bits per heavy atom. The predicted molar refractivity (Wildman–Crippen MR) is 58.8 cm³/mol. The standard InChI is InChI=1S/C9H15N5O2/c1-9(2,3)16-8(15)13-14-5-4-6(12-14)7(10)11/h4-5H,1-3H3,(H3,10,11)(H,13,15). The number of nitrogens with two attached hydrogens (primary N) is 1. The number of nitrogens with one attached hydrogen (secondary N) is 2. The van der Waals surface area contributed by atoms with Gasteiger partial charge < -0.3 is 10.5 Å². The van der Waals surface area contributed by atoms with Gasteiger partial charge >= 0.3 is 6.09 Å². The van der Waals surface area contributed by atoms with Crippen molar-refractivity contribution in [1.29, 1.82) is 5.41 Å². The van der Waals surface area contributed by atoms with Crippen LogP contribution in [0.25, 0.3) is 0 Å². The van der Waals surface area contributed by atoms with Gasteiger partial charge in [0, 0.05) is 6.20 Å². The molecule has 0 aliphatic carbocycles. The summed E-state index contributed by atoms with van der Waals surface area (Å²) >= 11 is 0. The van der Waals surface area contributed by atoms with Crippen LogP contribution in [-0.4, -0.2) is 27.4 Å². The van der Waals surface area contributed by atoms with Crippen LogP contribution in [0.5, 0.6) is 0 Å². The average Bonchev–Trinajstić information content (AvgIpc) is 2.48. The molecule has 0 bridgehead atoms. The van der Waals surface area contributed by atoms with Gasteiger partial charge in [-0.1, -0.05) is 0 Å². The molecule has 16 heavy (non-hydrogen) atoms. The lowest BCUT2D eigenvalue weighted by Gasteiger charge is -2.19. The quantitative estimate of drug-likeness (QED) is 0.507. The zero-order valence-corrected chi connectivity index (χ0v) is 9.44. The van der Waals surface area contributed by atoms with Gasteiger partial charge in [0.25, 0.3) is 0 Å². The lowest BCUT2D eigenvalue weighted by Crippen LogP contribution is -2.32. The van der Waals surface area contributed by atoms with E-state index in [-0.39, 0.29) is 11.5 Å². The van der Waals surface area contributed by atoms with E-state index in [0.29, 0.717) is 0 Å². The molecule has 0 aromatic carbocycles. The number of amidine groups is 1. The van der Waals surface area contributed by atoms with Crippen LogP contribution < -0.4 is 11.2 Å². The SMILES string of the molecule is CC(C)(C)OC(=O)Nn1ccc(C(=N)N)n1. The monoisotopic (exact) mass is 225 g/mol. The highest BCUT2D eigenvalue weighted by Gasteiger charge is 2.16. The van der Waals surface area contributed by atoms with Crippen LogP contribution in [0.4, 0.5) is 4.79 Å². The van der Waals surface area contributed by atoms with E-state index >= 15 is 0 Å². The molecule has 0 spiro atoms. The molecule has 0 unspecified atom stereocenters. The minimum absolute atomic E-state index is 0.162. The van der Waals surface area contributed by atoms with Crippen molar-refractivity contribution in [3.05, 3.63) is 18.0 Å². The molecule has 0 atom stereocenters. The normalized spacial score (nSPS) is 10.9. The molecule has 1 amide bonds. The Balaban J connectivity index is 2.60. The number of rotatable bonds is 2. The smallest absolute Gasteiger partial charge is 0.428 e. The van der Waals surface area contributed by atoms with Crippen LogP contribution >= 0.6 is 0 Å². The number of carbonyl (C=O) groups is 1. The average molecular weight is 225 g/mol. The third kappa shape index (κ3) is 3.60. The molecule has 0 saturated heterocycles. The molecule has 7 nitrogen and oxygen atoms in total. The first-order valence-corrected chi connectivity index (χ1v) is 4.68. The Hall–Kier alpha value is -2.05. The molecular formula is C9H15N5O2. The summed E-state index contributed by atoms with van der Waals surface area (Å²) in [5.41, 5.74) is 7.31. The van der Waals surface area contributed by atoms with E-state index in [1.54, 1.807) is 20.8 Å². The molecule has 0 saturated carbocycles. The minimum atomic E-state index is -0.620. The number of aromatic nitrogens is 2. The summed E-state index contributed by atoms with van der Waals surface area (Å²) in [7, 11) is 0. The number of ether oxygens (including phenoxy) is 1. The number of carbonyl (C=O) groups excluding carboxylic acids is 1. The van der Waals surface area contributed by atoms with Gasteiger partial charge in [0.05, 0.1) is 0 Å². The van der Waals surface area contributed by atoms with Crippen LogP contribution in [0, 0.1) is 5.41 Å². The van der Waals surface area contributed by atoms with Crippen molar-refractivity contribution < 1.29 is 9.53 Å². The fraction of sp³-hybridized carbons (Fsp3) is 0.444. The summed E-state index contributed by atoms with van der Waals surface area (Å²) in [4.78, 5) is 12.5. The highest BCUT2D eigenvalue weighted by Crippen LogP contribution is 2.06. The summed E-state index contributed by atoms with van der Waals surface area (Å²) < 4.78 is 5.02. The van der Waals surface area contributed by atoms with E-state index in [1.807, 2.05) is 0 Å². The van der Waals surface area contributed by atoms with Crippen molar-refractivity contribution in [2.24, 2.45) is 5.73 Å². The molecule has 0 aliphatic heterocycles. The zero-order chi connectivity index (χ0) is 12.3. The maximum atomic E-state index is 11.3. The molecule has 88 valence electrons. The lowest BCUT2D eigenvalue weighted by molar-refractivity contribution is 0.0609. The van der Waals surface area contributed by atoms with Crippen LogP contribution in [0.2, 0.25) is 0 Å². The Kier molecular flexibility index (Phi) is 3.17. The third-order valence-electron chi connectivity index (χ3n) is 1.47. The predicted octanol–water partition coefficient (Wildman–Crippen LogP) is 0.646. The topological polar surface area (TPSA) is 106 Å². The van der Waals surface area contributed by atoms with E-state index in [1.165, 1.54) is 12.3 Å². The maximum absolute atomic E-state index is 11.3. The summed E-state index contributed by atoms with van der Waals surface area (Å²) in [6, 6.07) is 1.51. The van der Waals surface area contributed by atoms with Gasteiger partial charge in [-0.05, 0) is 26.8 Å². The van der Waals surface area contributed by atoms with E-state index < -0.39 is 11.7 Å². The molecule has 0 fully saturated rings. The van der Waals surface area contributed by atoms with Crippen molar-refractivity contribution in [3.8, 4) is 0 Å². The van der Waals surface area contributed by atoms with E-state index in [2.05, 4.69) is 10.5 Å². The van der Waals surface area contributed by atoms with Gasteiger partial charge in [-0.25, -0.2) is 10.2 Å². The molecule has 1 aromatic rings. The zero-order valence-electron chi connectivity index (χ0n) is 9.44. The first kappa shape index (κ1) is 12.0. The van der Waals surface area contributed by atoms with Crippen molar-refractivity contribution in [2.75, 3.05) is 5.43 Å². The van der Waals surface area contributed by atoms with E-state index in [0.717, 1.165) is 4.79 Å². The largest absolute Gasteiger partial charge is 0.443 e. The minimum Gasteiger partial charge on any atom is -0.443 e. The molecule has 7 heteroatoms. The fourth-order valence-electron chi connectivity index (χ4n) is 0.924. The molecule has 0 aliphatic rings. The molecule has 1 rings (SSSR count). The van der Waals surface area contributed by atoms with E-state index in [9.17, 15) is 4.79 Å². The molecule has 4 N–H and O–H groups in total. The second-order valence-corrected chi connectivity index (χ2v) is 4.17. The fourth-order valence-corrected chi connectivity index (χ4v) is 0.924. The van der Waals surface area contributed by atoms with Gasteiger partial charge in [-0.15, -0.1) is 5.10 Å². The Morgan fingerprint density at radius 3 is 2.69 bits per heavy atom. The second kappa shape index (κ2) is 4.21. The third-order valence-corrected chi connectivity index (χ3v) is 1.47. The summed E-state index contributed by atoms with van der Waals surface area (Å²) in [5, 5.41) is 11.0. The van der Waals surface area contributed by atoms with Gasteiger partial charge in [-0.3, -0.25) is 5.41 Å². The first-order valence-electron chi connectivity index (χ1n) is 4.68.